The second-order valence-corrected chi connectivity index (χ2v) is 8.44. The van der Waals surface area contributed by atoms with Crippen LogP contribution < -0.4 is 0 Å². The van der Waals surface area contributed by atoms with Gasteiger partial charge in [-0.05, 0) is 41.0 Å². The Morgan fingerprint density at radius 1 is 1.15 bits per heavy atom. The van der Waals surface area contributed by atoms with Gasteiger partial charge in [-0.25, -0.2) is 0 Å². The Morgan fingerprint density at radius 2 is 1.85 bits per heavy atom. The molecule has 2 rings (SSSR count). The summed E-state index contributed by atoms with van der Waals surface area (Å²) in [5.41, 5.74) is 0. The lowest BCUT2D eigenvalue weighted by atomic mass is 9.98. The zero-order chi connectivity index (χ0) is 9.26. The highest BCUT2D eigenvalue weighted by Crippen LogP contribution is 2.39. The maximum absolute atomic E-state index is 2.42. The first kappa shape index (κ1) is 10.1. The number of halogens is 1. The maximum Gasteiger partial charge on any atom is 0.00879 e. The first-order valence-electron chi connectivity index (χ1n) is 5.76. The molecule has 0 aromatic heterocycles. The zero-order valence-corrected chi connectivity index (χ0v) is 11.0. The van der Waals surface area contributed by atoms with Gasteiger partial charge >= 0.3 is 0 Å². The summed E-state index contributed by atoms with van der Waals surface area (Å²) in [6.07, 6.45) is 9.17. The Balaban J connectivity index is 1.97. The minimum atomic E-state index is 0.474. The summed E-state index contributed by atoms with van der Waals surface area (Å²) in [4.78, 5) is 0. The lowest BCUT2D eigenvalue weighted by Gasteiger charge is -2.09. The molecular weight excluding hydrogens is 271 g/mol. The van der Waals surface area contributed by atoms with Crippen LogP contribution in [-0.2, 0) is 0 Å². The summed E-state index contributed by atoms with van der Waals surface area (Å²) in [5.74, 6) is 2.06. The van der Waals surface area contributed by atoms with Crippen molar-refractivity contribution in [1.82, 2.24) is 0 Å². The van der Waals surface area contributed by atoms with Gasteiger partial charge in [0.25, 0.3) is 0 Å². The Bertz CT molecular complexity index is 199. The third kappa shape index (κ3) is 2.34. The molecule has 1 fully saturated rings. The minimum absolute atomic E-state index is 0.474. The molecule has 1 atom stereocenters. The fraction of sp³-hybridized carbons (Fsp3) is 0.917. The molecule has 76 valence electrons. The highest BCUT2D eigenvalue weighted by molar-refractivity contribution is 14.2. The van der Waals surface area contributed by atoms with E-state index in [2.05, 4.69) is 17.4 Å². The molecule has 1 aliphatic heterocycles. The smallest absolute Gasteiger partial charge is 0.00879 e. The molecule has 0 amide bonds. The molecule has 0 aromatic rings. The van der Waals surface area contributed by atoms with Crippen molar-refractivity contribution in [2.24, 2.45) is 11.8 Å². The van der Waals surface area contributed by atoms with E-state index < -0.39 is 0 Å². The van der Waals surface area contributed by atoms with Gasteiger partial charge in [0.05, 0.1) is 0 Å². The molecule has 0 unspecified atom stereocenters. The van der Waals surface area contributed by atoms with E-state index in [0.717, 1.165) is 15.8 Å². The van der Waals surface area contributed by atoms with E-state index >= 15 is 0 Å². The largest absolute Gasteiger partial charge is 0.120 e. The molecule has 0 bridgehead atoms. The number of hydrogen-bond donors (Lipinski definition) is 0. The Kier molecular flexibility index (Phi) is 3.44. The predicted octanol–water partition coefficient (Wildman–Crippen LogP) is 4.14. The van der Waals surface area contributed by atoms with Crippen LogP contribution in [0.1, 0.15) is 52.4 Å². The number of hydrogen-bond acceptors (Lipinski definition) is 0. The Morgan fingerprint density at radius 3 is 2.38 bits per heavy atom. The fourth-order valence-corrected chi connectivity index (χ4v) is 6.68. The van der Waals surface area contributed by atoms with Crippen LogP contribution in [-0.4, -0.2) is 7.43 Å². The highest BCUT2D eigenvalue weighted by Gasteiger charge is 2.26. The summed E-state index contributed by atoms with van der Waals surface area (Å²) in [6.45, 7) is 4.84. The van der Waals surface area contributed by atoms with Crippen molar-refractivity contribution in [3.63, 3.8) is 0 Å². The normalized spacial score (nSPS) is 30.7. The van der Waals surface area contributed by atoms with Crippen molar-refractivity contribution in [2.45, 2.75) is 56.3 Å². The molecule has 0 aromatic carbocycles. The van der Waals surface area contributed by atoms with Gasteiger partial charge in [0.15, 0.2) is 0 Å². The molecule has 0 nitrogen and oxygen atoms in total. The zero-order valence-electron chi connectivity index (χ0n) is 8.85. The van der Waals surface area contributed by atoms with Crippen molar-refractivity contribution in [3.8, 4) is 0 Å². The van der Waals surface area contributed by atoms with E-state index in [1.54, 1.807) is 12.8 Å². The van der Waals surface area contributed by atoms with E-state index in [1.807, 2.05) is 0 Å². The SMILES string of the molecule is CC(C)[C@@H]1CCC(C2CCCC2)=I1. The van der Waals surface area contributed by atoms with Crippen LogP contribution >= 0.6 is 20.7 Å². The lowest BCUT2D eigenvalue weighted by molar-refractivity contribution is 0.599. The van der Waals surface area contributed by atoms with Crippen LogP contribution in [0.4, 0.5) is 0 Å². The molecule has 1 heteroatoms. The maximum atomic E-state index is 2.42. The molecule has 0 N–H and O–H groups in total. The van der Waals surface area contributed by atoms with Crippen LogP contribution in [0.2, 0.25) is 0 Å². The van der Waals surface area contributed by atoms with Crippen molar-refractivity contribution in [3.05, 3.63) is 0 Å². The molecule has 1 saturated carbocycles. The molecule has 2 aliphatic rings. The molecular formula is C12H21I. The summed E-state index contributed by atoms with van der Waals surface area (Å²) in [7, 11) is 0. The Labute approximate surface area is 92.2 Å². The molecule has 0 spiro atoms. The number of alkyl halides is 1. The third-order valence-corrected chi connectivity index (χ3v) is 8.54. The van der Waals surface area contributed by atoms with Crippen LogP contribution in [0.25, 0.3) is 0 Å². The minimum Gasteiger partial charge on any atom is -0.120 e. The first-order valence-corrected chi connectivity index (χ1v) is 8.09. The molecule has 1 heterocycles. The second kappa shape index (κ2) is 4.41. The van der Waals surface area contributed by atoms with Crippen molar-refractivity contribution >= 4 is 24.2 Å². The predicted molar refractivity (Wildman–Crippen MR) is 68.8 cm³/mol. The van der Waals surface area contributed by atoms with E-state index in [4.69, 9.17) is 0 Å². The number of rotatable bonds is 2. The van der Waals surface area contributed by atoms with Gasteiger partial charge in [-0.2, -0.15) is 0 Å². The summed E-state index contributed by atoms with van der Waals surface area (Å²) >= 11 is 0.474. The van der Waals surface area contributed by atoms with E-state index in [1.165, 1.54) is 25.7 Å². The van der Waals surface area contributed by atoms with E-state index in [-0.39, 0.29) is 0 Å². The quantitative estimate of drug-likeness (QED) is 0.530. The van der Waals surface area contributed by atoms with Crippen molar-refractivity contribution in [1.29, 1.82) is 0 Å². The van der Waals surface area contributed by atoms with Gasteiger partial charge in [0.1, 0.15) is 0 Å². The highest BCUT2D eigenvalue weighted by atomic mass is 127. The topological polar surface area (TPSA) is 0 Å². The van der Waals surface area contributed by atoms with Crippen molar-refractivity contribution in [2.75, 3.05) is 0 Å². The van der Waals surface area contributed by atoms with Gasteiger partial charge in [-0.3, -0.25) is 0 Å². The average Bonchev–Trinajstić information content (AvgIpc) is 2.75. The van der Waals surface area contributed by atoms with E-state index in [9.17, 15) is 0 Å². The van der Waals surface area contributed by atoms with Gasteiger partial charge < -0.3 is 0 Å². The Hall–Kier alpha value is 0.600. The van der Waals surface area contributed by atoms with Gasteiger partial charge in [-0.15, -0.1) is 20.7 Å². The molecule has 1 aliphatic carbocycles. The van der Waals surface area contributed by atoms with Gasteiger partial charge in [0.2, 0.25) is 0 Å². The van der Waals surface area contributed by atoms with Crippen LogP contribution in [0.3, 0.4) is 0 Å². The van der Waals surface area contributed by atoms with E-state index in [0.29, 0.717) is 20.7 Å². The molecule has 13 heavy (non-hydrogen) atoms. The van der Waals surface area contributed by atoms with Crippen molar-refractivity contribution < 1.29 is 0 Å². The van der Waals surface area contributed by atoms with Gasteiger partial charge in [-0.1, -0.05) is 26.7 Å². The summed E-state index contributed by atoms with van der Waals surface area (Å²) < 4.78 is 3.18. The molecule has 0 saturated heterocycles. The van der Waals surface area contributed by atoms with Crippen LogP contribution in [0.5, 0.6) is 0 Å². The average molecular weight is 292 g/mol. The van der Waals surface area contributed by atoms with Gasteiger partial charge in [0, 0.05) is 3.92 Å². The van der Waals surface area contributed by atoms with Crippen LogP contribution in [0.15, 0.2) is 0 Å². The summed E-state index contributed by atoms with van der Waals surface area (Å²) in [6, 6.07) is 0. The summed E-state index contributed by atoms with van der Waals surface area (Å²) in [5, 5.41) is 0. The molecule has 0 radical (unpaired) electrons. The monoisotopic (exact) mass is 292 g/mol. The second-order valence-electron chi connectivity index (χ2n) is 4.84. The van der Waals surface area contributed by atoms with Crippen LogP contribution in [0, 0.1) is 11.8 Å². The standard InChI is InChI=1S/C12H21I/c1-9(2)11-7-8-12(13-11)10-5-3-4-6-10/h9-11H,3-8H2,1-2H3/t11-/m0/s1. The lowest BCUT2D eigenvalue weighted by Crippen LogP contribution is -2.05. The first-order chi connectivity index (χ1) is 6.27. The fourth-order valence-electron chi connectivity index (χ4n) is 2.56. The third-order valence-electron chi connectivity index (χ3n) is 3.46.